The summed E-state index contributed by atoms with van der Waals surface area (Å²) < 4.78 is 5.61. The number of hydroxylamine groups is 1. The van der Waals surface area contributed by atoms with Crippen molar-refractivity contribution < 1.29 is 19.8 Å². The van der Waals surface area contributed by atoms with Crippen molar-refractivity contribution in [1.29, 1.82) is 0 Å². The molecule has 3 rings (SSSR count). The Morgan fingerprint density at radius 2 is 1.61 bits per heavy atom. The molecule has 1 amide bonds. The molecule has 0 aromatic heterocycles. The molecule has 6 nitrogen and oxygen atoms in total. The van der Waals surface area contributed by atoms with Crippen LogP contribution in [0.3, 0.4) is 0 Å². The zero-order chi connectivity index (χ0) is 22.1. The van der Waals surface area contributed by atoms with E-state index in [0.717, 1.165) is 16.7 Å². The number of amides is 1. The number of carbonyl (C=O) groups is 1. The summed E-state index contributed by atoms with van der Waals surface area (Å²) in [6.07, 6.45) is 0.589. The molecule has 0 unspecified atom stereocenters. The number of aliphatic hydroxyl groups is 1. The summed E-state index contributed by atoms with van der Waals surface area (Å²) in [5.74, 6) is 0.471. The SMILES string of the molecule is O=C(NCCOc1ccc(C(=S)NO)cc1)c1ccc(-c2ccccc2CCO)cc1. The van der Waals surface area contributed by atoms with Gasteiger partial charge in [-0.05, 0) is 59.5 Å². The zero-order valence-corrected chi connectivity index (χ0v) is 17.7. The van der Waals surface area contributed by atoms with Crippen molar-refractivity contribution in [2.45, 2.75) is 6.42 Å². The number of nitrogens with one attached hydrogen (secondary N) is 2. The quantitative estimate of drug-likeness (QED) is 0.234. The van der Waals surface area contributed by atoms with Crippen molar-refractivity contribution in [3.8, 4) is 16.9 Å². The number of hydrogen-bond acceptors (Lipinski definition) is 5. The van der Waals surface area contributed by atoms with Gasteiger partial charge in [0, 0.05) is 17.7 Å². The van der Waals surface area contributed by atoms with E-state index in [1.54, 1.807) is 36.4 Å². The average Bonchev–Trinajstić information content (AvgIpc) is 2.82. The van der Waals surface area contributed by atoms with Crippen LogP contribution in [0.1, 0.15) is 21.5 Å². The summed E-state index contributed by atoms with van der Waals surface area (Å²) >= 11 is 4.94. The highest BCUT2D eigenvalue weighted by molar-refractivity contribution is 7.80. The molecule has 0 fully saturated rings. The van der Waals surface area contributed by atoms with Gasteiger partial charge in [0.25, 0.3) is 5.91 Å². The molecular formula is C24H24N2O4S. The van der Waals surface area contributed by atoms with Crippen LogP contribution in [0, 0.1) is 0 Å². The minimum absolute atomic E-state index is 0.0943. The second-order valence-corrected chi connectivity index (χ2v) is 7.19. The van der Waals surface area contributed by atoms with Gasteiger partial charge in [0.2, 0.25) is 0 Å². The van der Waals surface area contributed by atoms with Crippen molar-refractivity contribution in [2.24, 2.45) is 0 Å². The molecule has 0 saturated heterocycles. The van der Waals surface area contributed by atoms with Crippen LogP contribution in [0.25, 0.3) is 11.1 Å². The second kappa shape index (κ2) is 11.2. The van der Waals surface area contributed by atoms with E-state index in [0.29, 0.717) is 36.4 Å². The summed E-state index contributed by atoms with van der Waals surface area (Å²) in [4.78, 5) is 12.6. The van der Waals surface area contributed by atoms with Crippen LogP contribution in [0.2, 0.25) is 0 Å². The van der Waals surface area contributed by atoms with Gasteiger partial charge in [0.15, 0.2) is 0 Å². The van der Waals surface area contributed by atoms with Crippen LogP contribution < -0.4 is 15.5 Å². The predicted molar refractivity (Wildman–Crippen MR) is 124 cm³/mol. The van der Waals surface area contributed by atoms with Crippen molar-refractivity contribution in [2.75, 3.05) is 19.8 Å². The largest absolute Gasteiger partial charge is 0.492 e. The minimum atomic E-state index is -0.173. The molecule has 7 heteroatoms. The molecule has 3 aromatic rings. The fraction of sp³-hybridized carbons (Fsp3) is 0.167. The van der Waals surface area contributed by atoms with Crippen molar-refractivity contribution in [3.63, 3.8) is 0 Å². The first-order valence-electron chi connectivity index (χ1n) is 9.87. The normalized spacial score (nSPS) is 10.4. The Bertz CT molecular complexity index is 1020. The lowest BCUT2D eigenvalue weighted by Crippen LogP contribution is -2.28. The monoisotopic (exact) mass is 436 g/mol. The fourth-order valence-electron chi connectivity index (χ4n) is 3.14. The highest BCUT2D eigenvalue weighted by Crippen LogP contribution is 2.24. The van der Waals surface area contributed by atoms with Gasteiger partial charge in [-0.1, -0.05) is 48.6 Å². The molecule has 31 heavy (non-hydrogen) atoms. The lowest BCUT2D eigenvalue weighted by Gasteiger charge is -2.10. The fourth-order valence-corrected chi connectivity index (χ4v) is 3.28. The van der Waals surface area contributed by atoms with Crippen LogP contribution in [-0.2, 0) is 6.42 Å². The molecule has 0 bridgehead atoms. The number of ether oxygens (including phenoxy) is 1. The van der Waals surface area contributed by atoms with Gasteiger partial charge in [-0.3, -0.25) is 15.5 Å². The first kappa shape index (κ1) is 22.4. The van der Waals surface area contributed by atoms with Gasteiger partial charge >= 0.3 is 0 Å². The number of rotatable bonds is 9. The van der Waals surface area contributed by atoms with Crippen LogP contribution in [0.15, 0.2) is 72.8 Å². The first-order valence-corrected chi connectivity index (χ1v) is 10.3. The van der Waals surface area contributed by atoms with Crippen molar-refractivity contribution in [3.05, 3.63) is 89.5 Å². The Kier molecular flexibility index (Phi) is 8.12. The van der Waals surface area contributed by atoms with Gasteiger partial charge in [-0.25, -0.2) is 0 Å². The van der Waals surface area contributed by atoms with E-state index >= 15 is 0 Å². The Balaban J connectivity index is 1.50. The molecule has 0 atom stereocenters. The smallest absolute Gasteiger partial charge is 0.251 e. The summed E-state index contributed by atoms with van der Waals surface area (Å²) in [5, 5.41) is 20.9. The van der Waals surface area contributed by atoms with Crippen LogP contribution in [-0.4, -0.2) is 41.0 Å². The number of hydrogen-bond donors (Lipinski definition) is 4. The summed E-state index contributed by atoms with van der Waals surface area (Å²) in [6.45, 7) is 0.774. The Morgan fingerprint density at radius 3 is 2.29 bits per heavy atom. The van der Waals surface area contributed by atoms with Crippen LogP contribution in [0.4, 0.5) is 0 Å². The lowest BCUT2D eigenvalue weighted by molar-refractivity contribution is 0.0947. The zero-order valence-electron chi connectivity index (χ0n) is 16.9. The van der Waals surface area contributed by atoms with Gasteiger partial charge < -0.3 is 15.2 Å². The van der Waals surface area contributed by atoms with E-state index in [1.165, 1.54) is 0 Å². The van der Waals surface area contributed by atoms with Gasteiger partial charge in [0.05, 0.1) is 6.54 Å². The highest BCUT2D eigenvalue weighted by atomic mass is 32.1. The summed E-state index contributed by atoms with van der Waals surface area (Å²) in [5.41, 5.74) is 6.31. The van der Waals surface area contributed by atoms with E-state index < -0.39 is 0 Å². The summed E-state index contributed by atoms with van der Waals surface area (Å²) in [7, 11) is 0. The van der Waals surface area contributed by atoms with E-state index in [1.807, 2.05) is 41.9 Å². The topological polar surface area (TPSA) is 90.8 Å². The maximum absolute atomic E-state index is 12.4. The second-order valence-electron chi connectivity index (χ2n) is 6.78. The van der Waals surface area contributed by atoms with Crippen LogP contribution >= 0.6 is 12.2 Å². The predicted octanol–water partition coefficient (Wildman–Crippen LogP) is 3.35. The van der Waals surface area contributed by atoms with E-state index in [-0.39, 0.29) is 17.5 Å². The average molecular weight is 437 g/mol. The third kappa shape index (κ3) is 6.11. The van der Waals surface area contributed by atoms with Crippen molar-refractivity contribution in [1.82, 2.24) is 10.8 Å². The highest BCUT2D eigenvalue weighted by Gasteiger charge is 2.08. The van der Waals surface area contributed by atoms with E-state index in [4.69, 9.17) is 22.2 Å². The molecule has 0 spiro atoms. The number of thiocarbonyl (C=S) groups is 1. The molecule has 0 heterocycles. The standard InChI is InChI=1S/C24H24N2O4S/c27-15-13-17-3-1-2-4-22(17)18-5-7-19(8-6-18)23(28)25-14-16-30-21-11-9-20(10-12-21)24(31)26-29/h1-12,27,29H,13-16H2,(H,25,28)(H,26,31). The number of carbonyl (C=O) groups excluding carboxylic acids is 1. The molecule has 0 aliphatic carbocycles. The van der Waals surface area contributed by atoms with Crippen molar-refractivity contribution >= 4 is 23.1 Å². The number of benzene rings is 3. The van der Waals surface area contributed by atoms with E-state index in [2.05, 4.69) is 5.32 Å². The maximum atomic E-state index is 12.4. The lowest BCUT2D eigenvalue weighted by atomic mass is 9.97. The maximum Gasteiger partial charge on any atom is 0.251 e. The van der Waals surface area contributed by atoms with Crippen LogP contribution in [0.5, 0.6) is 5.75 Å². The molecule has 160 valence electrons. The molecule has 0 saturated carbocycles. The minimum Gasteiger partial charge on any atom is -0.492 e. The number of aliphatic hydroxyl groups excluding tert-OH is 1. The molecular weight excluding hydrogens is 412 g/mol. The van der Waals surface area contributed by atoms with Gasteiger partial charge in [0.1, 0.15) is 17.3 Å². The van der Waals surface area contributed by atoms with E-state index in [9.17, 15) is 9.90 Å². The molecule has 4 N–H and O–H groups in total. The molecule has 0 aliphatic rings. The first-order chi connectivity index (χ1) is 15.1. The molecule has 3 aromatic carbocycles. The third-order valence-electron chi connectivity index (χ3n) is 4.73. The Morgan fingerprint density at radius 1 is 0.935 bits per heavy atom. The summed E-state index contributed by atoms with van der Waals surface area (Å²) in [6, 6.07) is 22.3. The van der Waals surface area contributed by atoms with Gasteiger partial charge in [-0.15, -0.1) is 0 Å². The Hall–Kier alpha value is -3.26. The third-order valence-corrected chi connectivity index (χ3v) is 5.06. The molecule has 0 aliphatic heterocycles. The van der Waals surface area contributed by atoms with Gasteiger partial charge in [-0.2, -0.15) is 0 Å². The Labute approximate surface area is 186 Å². The molecule has 0 radical (unpaired) electrons.